The SMILES string of the molecule is O=C1CC(NC(=O)C2CCCC3CCCCC(NC(=O)c4nccc5ccccc45)C(=O)N32)C(O)O1. The molecule has 5 rings (SSSR count). The van der Waals surface area contributed by atoms with Crippen molar-refractivity contribution in [1.82, 2.24) is 20.5 Å². The number of nitrogens with one attached hydrogen (secondary N) is 2. The third kappa shape index (κ3) is 4.77. The normalized spacial score (nSPS) is 28.6. The minimum absolute atomic E-state index is 0.108. The van der Waals surface area contributed by atoms with Gasteiger partial charge in [-0.3, -0.25) is 24.2 Å². The standard InChI is InChI=1S/C26H30N4O6/c31-21-14-19(26(35)36-21)29-23(32)20-11-5-8-16-7-2-4-10-18(25(34)30(16)20)28-24(33)22-17-9-3-1-6-15(17)12-13-27-22/h1,3,6,9,12-13,16,18-20,26,35H,2,4-5,7-8,10-11,14H2,(H,28,33)(H,29,32). The molecule has 3 amide bonds. The van der Waals surface area contributed by atoms with Gasteiger partial charge in [0.1, 0.15) is 23.8 Å². The largest absolute Gasteiger partial charge is 0.434 e. The number of esters is 1. The number of pyridine rings is 1. The molecule has 0 aliphatic carbocycles. The second-order valence-corrected chi connectivity index (χ2v) is 9.74. The minimum Gasteiger partial charge on any atom is -0.434 e. The van der Waals surface area contributed by atoms with Gasteiger partial charge in [0, 0.05) is 17.6 Å². The van der Waals surface area contributed by atoms with Crippen LogP contribution >= 0.6 is 0 Å². The maximum atomic E-state index is 13.8. The van der Waals surface area contributed by atoms with Crippen molar-refractivity contribution in [2.45, 2.75) is 81.8 Å². The second-order valence-electron chi connectivity index (χ2n) is 9.74. The molecule has 3 N–H and O–H groups in total. The van der Waals surface area contributed by atoms with E-state index in [2.05, 4.69) is 15.6 Å². The first-order valence-electron chi connectivity index (χ1n) is 12.6. The zero-order valence-electron chi connectivity index (χ0n) is 19.9. The number of aliphatic hydroxyl groups excluding tert-OH is 1. The van der Waals surface area contributed by atoms with E-state index >= 15 is 0 Å². The van der Waals surface area contributed by atoms with Gasteiger partial charge in [-0.2, -0.15) is 0 Å². The summed E-state index contributed by atoms with van der Waals surface area (Å²) in [6.07, 6.45) is 5.02. The number of benzene rings is 1. The van der Waals surface area contributed by atoms with E-state index in [0.29, 0.717) is 18.2 Å². The van der Waals surface area contributed by atoms with Crippen LogP contribution < -0.4 is 10.6 Å². The highest BCUT2D eigenvalue weighted by Crippen LogP contribution is 2.31. The van der Waals surface area contributed by atoms with E-state index in [1.165, 1.54) is 0 Å². The Morgan fingerprint density at radius 3 is 2.58 bits per heavy atom. The molecule has 190 valence electrons. The number of cyclic esters (lactones) is 1. The Kier molecular flexibility index (Phi) is 6.86. The van der Waals surface area contributed by atoms with Crippen LogP contribution in [0.2, 0.25) is 0 Å². The molecule has 10 nitrogen and oxygen atoms in total. The summed E-state index contributed by atoms with van der Waals surface area (Å²) in [5.74, 6) is -1.71. The maximum Gasteiger partial charge on any atom is 0.310 e. The van der Waals surface area contributed by atoms with E-state index in [0.717, 1.165) is 37.5 Å². The Hall–Kier alpha value is -3.53. The van der Waals surface area contributed by atoms with Crippen molar-refractivity contribution < 1.29 is 29.0 Å². The average molecular weight is 495 g/mol. The summed E-state index contributed by atoms with van der Waals surface area (Å²) >= 11 is 0. The first-order valence-corrected chi connectivity index (χ1v) is 12.6. The predicted molar refractivity (Wildman–Crippen MR) is 128 cm³/mol. The van der Waals surface area contributed by atoms with Crippen molar-refractivity contribution in [3.63, 3.8) is 0 Å². The summed E-state index contributed by atoms with van der Waals surface area (Å²) in [7, 11) is 0. The molecule has 3 saturated heterocycles. The van der Waals surface area contributed by atoms with Crippen LogP contribution in [-0.2, 0) is 19.1 Å². The lowest BCUT2D eigenvalue weighted by Crippen LogP contribution is -2.62. The summed E-state index contributed by atoms with van der Waals surface area (Å²) in [5.41, 5.74) is 0.257. The Bertz CT molecular complexity index is 1180. The summed E-state index contributed by atoms with van der Waals surface area (Å²) in [5, 5.41) is 17.1. The molecule has 0 bridgehead atoms. The molecule has 1 aromatic carbocycles. The molecule has 3 fully saturated rings. The van der Waals surface area contributed by atoms with Gasteiger partial charge in [0.2, 0.25) is 18.1 Å². The molecule has 5 atom stereocenters. The van der Waals surface area contributed by atoms with Crippen molar-refractivity contribution in [3.8, 4) is 0 Å². The third-order valence-corrected chi connectivity index (χ3v) is 7.38. The van der Waals surface area contributed by atoms with Crippen LogP contribution in [-0.4, -0.2) is 69.1 Å². The lowest BCUT2D eigenvalue weighted by molar-refractivity contribution is -0.156. The number of aliphatic hydroxyl groups is 1. The van der Waals surface area contributed by atoms with Crippen LogP contribution in [0.4, 0.5) is 0 Å². The zero-order chi connectivity index (χ0) is 25.2. The Morgan fingerprint density at radius 2 is 1.78 bits per heavy atom. The number of carbonyl (C=O) groups is 4. The molecule has 0 radical (unpaired) electrons. The number of rotatable bonds is 4. The Labute approximate surface area is 208 Å². The fourth-order valence-corrected chi connectivity index (χ4v) is 5.59. The average Bonchev–Trinajstić information content (AvgIpc) is 3.19. The van der Waals surface area contributed by atoms with Crippen LogP contribution in [0, 0.1) is 0 Å². The summed E-state index contributed by atoms with van der Waals surface area (Å²) in [6.45, 7) is 0. The molecule has 2 aromatic rings. The Balaban J connectivity index is 1.36. The number of carbonyl (C=O) groups excluding carboxylic acids is 4. The number of aromatic nitrogens is 1. The van der Waals surface area contributed by atoms with Gasteiger partial charge in [0.15, 0.2) is 0 Å². The number of piperidine rings is 1. The molecule has 1 aromatic heterocycles. The molecule has 5 unspecified atom stereocenters. The van der Waals surface area contributed by atoms with Gasteiger partial charge in [-0.1, -0.05) is 37.1 Å². The first kappa shape index (κ1) is 24.2. The van der Waals surface area contributed by atoms with E-state index in [4.69, 9.17) is 4.74 Å². The van der Waals surface area contributed by atoms with Crippen molar-refractivity contribution in [2.24, 2.45) is 0 Å². The number of ether oxygens (including phenoxy) is 1. The van der Waals surface area contributed by atoms with Gasteiger partial charge in [-0.15, -0.1) is 0 Å². The van der Waals surface area contributed by atoms with E-state index in [9.17, 15) is 24.3 Å². The van der Waals surface area contributed by atoms with Crippen molar-refractivity contribution >= 4 is 34.5 Å². The van der Waals surface area contributed by atoms with Crippen LogP contribution in [0.25, 0.3) is 10.8 Å². The lowest BCUT2D eigenvalue weighted by Gasteiger charge is -2.44. The van der Waals surface area contributed by atoms with Gasteiger partial charge in [-0.05, 0) is 43.6 Å². The minimum atomic E-state index is -1.40. The Morgan fingerprint density at radius 1 is 1.00 bits per heavy atom. The lowest BCUT2D eigenvalue weighted by atomic mass is 9.88. The molecule has 10 heteroatoms. The molecule has 4 heterocycles. The van der Waals surface area contributed by atoms with Gasteiger partial charge in [0.05, 0.1) is 6.42 Å². The van der Waals surface area contributed by atoms with E-state index in [-0.39, 0.29) is 24.1 Å². The quantitative estimate of drug-likeness (QED) is 0.547. The number of hydrogen-bond donors (Lipinski definition) is 3. The van der Waals surface area contributed by atoms with Crippen LogP contribution in [0.1, 0.15) is 61.9 Å². The topological polar surface area (TPSA) is 138 Å². The molecule has 0 saturated carbocycles. The molecule has 0 spiro atoms. The fourth-order valence-electron chi connectivity index (χ4n) is 5.59. The maximum absolute atomic E-state index is 13.8. The van der Waals surface area contributed by atoms with Crippen molar-refractivity contribution in [3.05, 3.63) is 42.2 Å². The number of hydrogen-bond acceptors (Lipinski definition) is 7. The number of nitrogens with zero attached hydrogens (tertiary/aromatic N) is 2. The highest BCUT2D eigenvalue weighted by Gasteiger charge is 2.43. The van der Waals surface area contributed by atoms with Gasteiger partial charge >= 0.3 is 5.97 Å². The second kappa shape index (κ2) is 10.2. The van der Waals surface area contributed by atoms with Crippen molar-refractivity contribution in [2.75, 3.05) is 0 Å². The third-order valence-electron chi connectivity index (χ3n) is 7.38. The van der Waals surface area contributed by atoms with E-state index in [1.54, 1.807) is 11.1 Å². The molecular formula is C26H30N4O6. The van der Waals surface area contributed by atoms with Crippen LogP contribution in [0.5, 0.6) is 0 Å². The van der Waals surface area contributed by atoms with E-state index < -0.39 is 42.2 Å². The fraction of sp³-hybridized carbons (Fsp3) is 0.500. The summed E-state index contributed by atoms with van der Waals surface area (Å²) in [4.78, 5) is 57.7. The molecule has 3 aliphatic rings. The highest BCUT2D eigenvalue weighted by atomic mass is 16.6. The van der Waals surface area contributed by atoms with Crippen LogP contribution in [0.15, 0.2) is 36.5 Å². The van der Waals surface area contributed by atoms with Crippen LogP contribution in [0.3, 0.4) is 0 Å². The first-order chi connectivity index (χ1) is 17.4. The van der Waals surface area contributed by atoms with Gasteiger partial charge in [-0.25, -0.2) is 0 Å². The van der Waals surface area contributed by atoms with Gasteiger partial charge in [0.25, 0.3) is 5.91 Å². The molecular weight excluding hydrogens is 464 g/mol. The van der Waals surface area contributed by atoms with E-state index in [1.807, 2.05) is 30.3 Å². The van der Waals surface area contributed by atoms with Gasteiger partial charge < -0.3 is 25.4 Å². The zero-order valence-corrected chi connectivity index (χ0v) is 19.9. The predicted octanol–water partition coefficient (Wildman–Crippen LogP) is 1.41. The summed E-state index contributed by atoms with van der Waals surface area (Å²) < 4.78 is 4.73. The molecule has 3 aliphatic heterocycles. The smallest absolute Gasteiger partial charge is 0.310 e. The van der Waals surface area contributed by atoms with Crippen molar-refractivity contribution in [1.29, 1.82) is 0 Å². The number of fused-ring (bicyclic) bond motifs is 2. The monoisotopic (exact) mass is 494 g/mol. The highest BCUT2D eigenvalue weighted by molar-refractivity contribution is 6.06. The molecule has 36 heavy (non-hydrogen) atoms. The number of amides is 3. The summed E-state index contributed by atoms with van der Waals surface area (Å²) in [6, 6.07) is 6.80.